The summed E-state index contributed by atoms with van der Waals surface area (Å²) in [6.07, 6.45) is 3.92. The van der Waals surface area contributed by atoms with Crippen molar-refractivity contribution in [3.05, 3.63) is 35.9 Å². The van der Waals surface area contributed by atoms with E-state index < -0.39 is 0 Å². The fourth-order valence-corrected chi connectivity index (χ4v) is 2.61. The standard InChI is InChI=1S/C13H18ClN/c14-10-13-8-4-5-9-15(13)11-12-6-2-1-3-7-12/h1-3,6-7,13H,4-5,8-11H2/t13-/m0/s1. The summed E-state index contributed by atoms with van der Waals surface area (Å²) in [6, 6.07) is 11.3. The Bertz CT molecular complexity index is 286. The quantitative estimate of drug-likeness (QED) is 0.711. The number of piperidine rings is 1. The zero-order valence-corrected chi connectivity index (χ0v) is 9.79. The molecular weight excluding hydrogens is 206 g/mol. The van der Waals surface area contributed by atoms with Crippen LogP contribution in [0.4, 0.5) is 0 Å². The minimum absolute atomic E-state index is 0.584. The van der Waals surface area contributed by atoms with Gasteiger partial charge in [0.1, 0.15) is 0 Å². The summed E-state index contributed by atoms with van der Waals surface area (Å²) in [5.74, 6) is 0.771. The van der Waals surface area contributed by atoms with Crippen LogP contribution in [0.3, 0.4) is 0 Å². The first-order valence-corrected chi connectivity index (χ1v) is 6.27. The van der Waals surface area contributed by atoms with Gasteiger partial charge in [-0.3, -0.25) is 4.90 Å². The van der Waals surface area contributed by atoms with E-state index >= 15 is 0 Å². The number of likely N-dealkylation sites (tertiary alicyclic amines) is 1. The van der Waals surface area contributed by atoms with Crippen LogP contribution < -0.4 is 0 Å². The van der Waals surface area contributed by atoms with Gasteiger partial charge in [0.25, 0.3) is 0 Å². The number of alkyl halides is 1. The Morgan fingerprint density at radius 1 is 1.20 bits per heavy atom. The van der Waals surface area contributed by atoms with Crippen molar-refractivity contribution >= 4 is 11.6 Å². The summed E-state index contributed by atoms with van der Waals surface area (Å²) in [5.41, 5.74) is 1.40. The van der Waals surface area contributed by atoms with Crippen molar-refractivity contribution in [2.45, 2.75) is 31.8 Å². The highest BCUT2D eigenvalue weighted by Crippen LogP contribution is 2.20. The van der Waals surface area contributed by atoms with Crippen LogP contribution in [-0.4, -0.2) is 23.4 Å². The molecule has 0 radical (unpaired) electrons. The van der Waals surface area contributed by atoms with Crippen LogP contribution >= 0.6 is 11.6 Å². The van der Waals surface area contributed by atoms with E-state index in [1.165, 1.54) is 31.4 Å². The Labute approximate surface area is 97.0 Å². The summed E-state index contributed by atoms with van der Waals surface area (Å²) in [7, 11) is 0. The second-order valence-corrected chi connectivity index (χ2v) is 4.57. The molecule has 0 bridgehead atoms. The van der Waals surface area contributed by atoms with Crippen LogP contribution in [0.25, 0.3) is 0 Å². The third kappa shape index (κ3) is 2.96. The lowest BCUT2D eigenvalue weighted by Gasteiger charge is -2.34. The number of nitrogens with zero attached hydrogens (tertiary/aromatic N) is 1. The van der Waals surface area contributed by atoms with Gasteiger partial charge in [0.2, 0.25) is 0 Å². The van der Waals surface area contributed by atoms with Crippen molar-refractivity contribution in [3.8, 4) is 0 Å². The molecule has 1 saturated heterocycles. The number of benzene rings is 1. The number of halogens is 1. The van der Waals surface area contributed by atoms with Gasteiger partial charge in [-0.2, -0.15) is 0 Å². The van der Waals surface area contributed by atoms with Crippen LogP contribution in [-0.2, 0) is 6.54 Å². The maximum Gasteiger partial charge on any atom is 0.0379 e. The molecule has 15 heavy (non-hydrogen) atoms. The Morgan fingerprint density at radius 3 is 2.73 bits per heavy atom. The topological polar surface area (TPSA) is 3.24 Å². The Hall–Kier alpha value is -0.530. The first-order chi connectivity index (χ1) is 7.40. The van der Waals surface area contributed by atoms with Gasteiger partial charge < -0.3 is 0 Å². The summed E-state index contributed by atoms with van der Waals surface area (Å²) in [6.45, 7) is 2.25. The van der Waals surface area contributed by atoms with Crippen LogP contribution in [0, 0.1) is 0 Å². The molecule has 0 aromatic heterocycles. The summed E-state index contributed by atoms with van der Waals surface area (Å²) >= 11 is 6.00. The second kappa shape index (κ2) is 5.53. The summed E-state index contributed by atoms with van der Waals surface area (Å²) < 4.78 is 0. The summed E-state index contributed by atoms with van der Waals surface area (Å²) in [4.78, 5) is 2.52. The predicted octanol–water partition coefficient (Wildman–Crippen LogP) is 3.28. The number of hydrogen-bond acceptors (Lipinski definition) is 1. The smallest absolute Gasteiger partial charge is 0.0379 e. The third-order valence-electron chi connectivity index (χ3n) is 3.16. The highest BCUT2D eigenvalue weighted by Gasteiger charge is 2.21. The van der Waals surface area contributed by atoms with Crippen molar-refractivity contribution < 1.29 is 0 Å². The van der Waals surface area contributed by atoms with Gasteiger partial charge in [0.05, 0.1) is 0 Å². The maximum atomic E-state index is 6.00. The molecule has 1 heterocycles. The van der Waals surface area contributed by atoms with Crippen molar-refractivity contribution in [1.29, 1.82) is 0 Å². The van der Waals surface area contributed by atoms with Crippen molar-refractivity contribution in [3.63, 3.8) is 0 Å². The monoisotopic (exact) mass is 223 g/mol. The van der Waals surface area contributed by atoms with E-state index in [1.807, 2.05) is 0 Å². The minimum atomic E-state index is 0.584. The fraction of sp³-hybridized carbons (Fsp3) is 0.538. The van der Waals surface area contributed by atoms with E-state index in [4.69, 9.17) is 11.6 Å². The average Bonchev–Trinajstić information content (AvgIpc) is 2.31. The van der Waals surface area contributed by atoms with Crippen molar-refractivity contribution in [2.24, 2.45) is 0 Å². The molecule has 1 fully saturated rings. The van der Waals surface area contributed by atoms with Crippen LogP contribution in [0.2, 0.25) is 0 Å². The maximum absolute atomic E-state index is 6.00. The molecular formula is C13H18ClN. The number of rotatable bonds is 3. The lowest BCUT2D eigenvalue weighted by Crippen LogP contribution is -2.40. The van der Waals surface area contributed by atoms with E-state index in [-0.39, 0.29) is 0 Å². The molecule has 1 nitrogen and oxygen atoms in total. The molecule has 0 unspecified atom stereocenters. The zero-order valence-electron chi connectivity index (χ0n) is 9.03. The highest BCUT2D eigenvalue weighted by atomic mass is 35.5. The van der Waals surface area contributed by atoms with Crippen molar-refractivity contribution in [2.75, 3.05) is 12.4 Å². The van der Waals surface area contributed by atoms with E-state index in [0.717, 1.165) is 12.4 Å². The molecule has 1 aromatic carbocycles. The summed E-state index contributed by atoms with van der Waals surface area (Å²) in [5, 5.41) is 0. The van der Waals surface area contributed by atoms with Gasteiger partial charge in [-0.05, 0) is 24.9 Å². The number of hydrogen-bond donors (Lipinski definition) is 0. The molecule has 1 aromatic rings. The van der Waals surface area contributed by atoms with Gasteiger partial charge >= 0.3 is 0 Å². The van der Waals surface area contributed by atoms with Crippen molar-refractivity contribution in [1.82, 2.24) is 4.90 Å². The van der Waals surface area contributed by atoms with Crippen LogP contribution in [0.15, 0.2) is 30.3 Å². The molecule has 0 aliphatic carbocycles. The Morgan fingerprint density at radius 2 is 2.00 bits per heavy atom. The Balaban J connectivity index is 1.97. The third-order valence-corrected chi connectivity index (χ3v) is 3.51. The highest BCUT2D eigenvalue weighted by molar-refractivity contribution is 6.18. The molecule has 0 N–H and O–H groups in total. The van der Waals surface area contributed by atoms with E-state index in [1.54, 1.807) is 0 Å². The molecule has 1 aliphatic rings. The Kier molecular flexibility index (Phi) is 4.04. The predicted molar refractivity (Wildman–Crippen MR) is 65.2 cm³/mol. The van der Waals surface area contributed by atoms with Crippen LogP contribution in [0.5, 0.6) is 0 Å². The molecule has 82 valence electrons. The molecule has 1 aliphatic heterocycles. The zero-order chi connectivity index (χ0) is 10.5. The lowest BCUT2D eigenvalue weighted by atomic mass is 10.0. The van der Waals surface area contributed by atoms with Gasteiger partial charge in [-0.1, -0.05) is 36.8 Å². The fourth-order valence-electron chi connectivity index (χ4n) is 2.26. The van der Waals surface area contributed by atoms with Gasteiger partial charge in [0.15, 0.2) is 0 Å². The van der Waals surface area contributed by atoms with Crippen LogP contribution in [0.1, 0.15) is 24.8 Å². The molecule has 2 rings (SSSR count). The second-order valence-electron chi connectivity index (χ2n) is 4.26. The van der Waals surface area contributed by atoms with Gasteiger partial charge in [0, 0.05) is 18.5 Å². The first-order valence-electron chi connectivity index (χ1n) is 5.74. The average molecular weight is 224 g/mol. The first kappa shape index (κ1) is 11.0. The lowest BCUT2D eigenvalue weighted by molar-refractivity contribution is 0.155. The normalized spacial score (nSPS) is 22.9. The molecule has 2 heteroatoms. The van der Waals surface area contributed by atoms with E-state index in [0.29, 0.717) is 6.04 Å². The molecule has 0 amide bonds. The van der Waals surface area contributed by atoms with Gasteiger partial charge in [-0.25, -0.2) is 0 Å². The van der Waals surface area contributed by atoms with E-state index in [2.05, 4.69) is 35.2 Å². The van der Waals surface area contributed by atoms with Gasteiger partial charge in [-0.15, -0.1) is 11.6 Å². The molecule has 0 saturated carbocycles. The SMILES string of the molecule is ClC[C@@H]1CCCCN1Cc1ccccc1. The van der Waals surface area contributed by atoms with E-state index in [9.17, 15) is 0 Å². The molecule has 0 spiro atoms. The largest absolute Gasteiger partial charge is 0.295 e. The minimum Gasteiger partial charge on any atom is -0.295 e. The molecule has 1 atom stereocenters.